The molecule has 0 aliphatic rings. The Hall–Kier alpha value is -2.49. The van der Waals surface area contributed by atoms with Crippen molar-refractivity contribution in [3.63, 3.8) is 0 Å². The lowest BCUT2D eigenvalue weighted by Gasteiger charge is -2.09. The van der Waals surface area contributed by atoms with Gasteiger partial charge in [-0.1, -0.05) is 12.1 Å². The second kappa shape index (κ2) is 5.48. The highest BCUT2D eigenvalue weighted by molar-refractivity contribution is 5.78. The van der Waals surface area contributed by atoms with E-state index < -0.39 is 0 Å². The summed E-state index contributed by atoms with van der Waals surface area (Å²) < 4.78 is 8.95. The third kappa shape index (κ3) is 2.44. The predicted octanol–water partition coefficient (Wildman–Crippen LogP) is 2.88. The third-order valence-electron chi connectivity index (χ3n) is 3.72. The second-order valence-electron chi connectivity index (χ2n) is 5.01. The van der Waals surface area contributed by atoms with Crippen LogP contribution in [-0.2, 0) is 13.1 Å². The van der Waals surface area contributed by atoms with Gasteiger partial charge in [0.1, 0.15) is 11.3 Å². The van der Waals surface area contributed by atoms with Crippen molar-refractivity contribution in [2.45, 2.75) is 20.0 Å². The highest BCUT2D eigenvalue weighted by Gasteiger charge is 2.07. The van der Waals surface area contributed by atoms with E-state index in [1.54, 1.807) is 11.7 Å². The second-order valence-corrected chi connectivity index (χ2v) is 5.01. The molecule has 0 unspecified atom stereocenters. The average molecular weight is 282 g/mol. The summed E-state index contributed by atoms with van der Waals surface area (Å²) in [5, 5.41) is 0.990. The topological polar surface area (TPSA) is 36.2 Å². The van der Waals surface area contributed by atoms with E-state index in [9.17, 15) is 4.79 Å². The van der Waals surface area contributed by atoms with Crippen molar-refractivity contribution in [3.8, 4) is 5.75 Å². The molecule has 0 spiro atoms. The van der Waals surface area contributed by atoms with Crippen LogP contribution >= 0.6 is 0 Å². The maximum absolute atomic E-state index is 12.6. The number of methoxy groups -OCH3 is 1. The summed E-state index contributed by atoms with van der Waals surface area (Å²) >= 11 is 0. The normalized spacial score (nSPS) is 11.0. The molecule has 4 heteroatoms. The summed E-state index contributed by atoms with van der Waals surface area (Å²) in [6.07, 6.45) is 3.81. The van der Waals surface area contributed by atoms with Gasteiger partial charge in [0.25, 0.3) is 5.56 Å². The zero-order valence-corrected chi connectivity index (χ0v) is 12.2. The van der Waals surface area contributed by atoms with Crippen molar-refractivity contribution in [1.82, 2.24) is 9.13 Å². The SMILES string of the molecule is CCn1ccc2ccn(Cc3cccc(OC)c3)c(=O)c21. The van der Waals surface area contributed by atoms with Gasteiger partial charge in [0.15, 0.2) is 0 Å². The molecule has 108 valence electrons. The molecule has 0 fully saturated rings. The number of nitrogens with zero attached hydrogens (tertiary/aromatic N) is 2. The van der Waals surface area contributed by atoms with Crippen LogP contribution in [0.1, 0.15) is 12.5 Å². The van der Waals surface area contributed by atoms with E-state index in [4.69, 9.17) is 4.74 Å². The number of pyridine rings is 1. The van der Waals surface area contributed by atoms with Gasteiger partial charge >= 0.3 is 0 Å². The molecule has 0 amide bonds. The van der Waals surface area contributed by atoms with Gasteiger partial charge in [-0.3, -0.25) is 4.79 Å². The van der Waals surface area contributed by atoms with Gasteiger partial charge < -0.3 is 13.9 Å². The van der Waals surface area contributed by atoms with Crippen LogP contribution in [0.2, 0.25) is 0 Å². The minimum absolute atomic E-state index is 0.0437. The van der Waals surface area contributed by atoms with Gasteiger partial charge in [-0.2, -0.15) is 0 Å². The Morgan fingerprint density at radius 3 is 2.57 bits per heavy atom. The molecule has 0 aliphatic heterocycles. The van der Waals surface area contributed by atoms with Crippen LogP contribution in [0.4, 0.5) is 0 Å². The molecule has 21 heavy (non-hydrogen) atoms. The first kappa shape index (κ1) is 13.5. The molecule has 0 aliphatic carbocycles. The van der Waals surface area contributed by atoms with Gasteiger partial charge in [-0.15, -0.1) is 0 Å². The molecule has 3 rings (SSSR count). The molecule has 1 aromatic carbocycles. The number of rotatable bonds is 4. The van der Waals surface area contributed by atoms with Gasteiger partial charge in [0, 0.05) is 24.3 Å². The lowest BCUT2D eigenvalue weighted by molar-refractivity contribution is 0.414. The fourth-order valence-electron chi connectivity index (χ4n) is 2.60. The number of fused-ring (bicyclic) bond motifs is 1. The Morgan fingerprint density at radius 2 is 1.86 bits per heavy atom. The molecule has 0 N–H and O–H groups in total. The Bertz CT molecular complexity index is 830. The zero-order valence-electron chi connectivity index (χ0n) is 12.2. The number of hydrogen-bond acceptors (Lipinski definition) is 2. The molecular formula is C17H18N2O2. The first-order valence-electron chi connectivity index (χ1n) is 7.04. The van der Waals surface area contributed by atoms with E-state index >= 15 is 0 Å². The van der Waals surface area contributed by atoms with Crippen molar-refractivity contribution >= 4 is 10.9 Å². The van der Waals surface area contributed by atoms with Crippen LogP contribution in [0, 0.1) is 0 Å². The number of hydrogen-bond donors (Lipinski definition) is 0. The van der Waals surface area contributed by atoms with Gasteiger partial charge in [-0.05, 0) is 36.8 Å². The molecular weight excluding hydrogens is 264 g/mol. The fraction of sp³-hybridized carbons (Fsp3) is 0.235. The Kier molecular flexibility index (Phi) is 3.52. The summed E-state index contributed by atoms with van der Waals surface area (Å²) in [6, 6.07) is 11.8. The fourth-order valence-corrected chi connectivity index (χ4v) is 2.60. The van der Waals surface area contributed by atoms with Crippen molar-refractivity contribution in [2.75, 3.05) is 7.11 Å². The summed E-state index contributed by atoms with van der Waals surface area (Å²) in [5.74, 6) is 0.804. The quantitative estimate of drug-likeness (QED) is 0.737. The van der Waals surface area contributed by atoms with E-state index in [0.717, 1.165) is 28.8 Å². The van der Waals surface area contributed by atoms with Gasteiger partial charge in [0.05, 0.1) is 13.7 Å². The van der Waals surface area contributed by atoms with Crippen LogP contribution in [-0.4, -0.2) is 16.2 Å². The lowest BCUT2D eigenvalue weighted by Crippen LogP contribution is -2.21. The molecule has 0 atom stereocenters. The summed E-state index contributed by atoms with van der Waals surface area (Å²) in [7, 11) is 1.64. The maximum Gasteiger partial charge on any atom is 0.275 e. The Morgan fingerprint density at radius 1 is 1.10 bits per heavy atom. The number of aromatic nitrogens is 2. The highest BCUT2D eigenvalue weighted by Crippen LogP contribution is 2.15. The molecule has 4 nitrogen and oxygen atoms in total. The molecule has 0 bridgehead atoms. The Balaban J connectivity index is 2.04. The first-order valence-corrected chi connectivity index (χ1v) is 7.04. The lowest BCUT2D eigenvalue weighted by atomic mass is 10.2. The van der Waals surface area contributed by atoms with Crippen LogP contribution in [0.5, 0.6) is 5.75 Å². The van der Waals surface area contributed by atoms with Crippen molar-refractivity contribution in [2.24, 2.45) is 0 Å². The number of ether oxygens (including phenoxy) is 1. The van der Waals surface area contributed by atoms with E-state index in [1.165, 1.54) is 0 Å². The monoisotopic (exact) mass is 282 g/mol. The van der Waals surface area contributed by atoms with Gasteiger partial charge in [0.2, 0.25) is 0 Å². The minimum Gasteiger partial charge on any atom is -0.497 e. The van der Waals surface area contributed by atoms with Crippen molar-refractivity contribution in [3.05, 3.63) is 64.7 Å². The van der Waals surface area contributed by atoms with E-state index in [2.05, 4.69) is 0 Å². The molecule has 0 radical (unpaired) electrons. The van der Waals surface area contributed by atoms with E-state index in [0.29, 0.717) is 6.54 Å². The standard InChI is InChI=1S/C17H18N2O2/c1-3-18-9-7-14-8-10-19(17(20)16(14)18)12-13-5-4-6-15(11-13)21-2/h4-11H,3,12H2,1-2H3. The van der Waals surface area contributed by atoms with Crippen LogP contribution in [0.3, 0.4) is 0 Å². The zero-order chi connectivity index (χ0) is 14.8. The molecule has 2 heterocycles. The van der Waals surface area contributed by atoms with E-state index in [-0.39, 0.29) is 5.56 Å². The summed E-state index contributed by atoms with van der Waals surface area (Å²) in [6.45, 7) is 3.38. The first-order chi connectivity index (χ1) is 10.2. The smallest absolute Gasteiger partial charge is 0.275 e. The van der Waals surface area contributed by atoms with Gasteiger partial charge in [-0.25, -0.2) is 0 Å². The largest absolute Gasteiger partial charge is 0.497 e. The highest BCUT2D eigenvalue weighted by atomic mass is 16.5. The summed E-state index contributed by atoms with van der Waals surface area (Å²) in [4.78, 5) is 12.6. The van der Waals surface area contributed by atoms with Crippen LogP contribution in [0.25, 0.3) is 10.9 Å². The van der Waals surface area contributed by atoms with Crippen molar-refractivity contribution < 1.29 is 4.74 Å². The van der Waals surface area contributed by atoms with Crippen molar-refractivity contribution in [1.29, 1.82) is 0 Å². The Labute approximate surface area is 123 Å². The molecule has 0 saturated carbocycles. The summed E-state index contributed by atoms with van der Waals surface area (Å²) in [5.41, 5.74) is 1.86. The average Bonchev–Trinajstić information content (AvgIpc) is 2.94. The van der Waals surface area contributed by atoms with E-state index in [1.807, 2.05) is 60.3 Å². The van der Waals surface area contributed by atoms with Crippen LogP contribution < -0.4 is 10.3 Å². The molecule has 0 saturated heterocycles. The maximum atomic E-state index is 12.6. The minimum atomic E-state index is 0.0437. The third-order valence-corrected chi connectivity index (χ3v) is 3.72. The predicted molar refractivity (Wildman–Crippen MR) is 84.0 cm³/mol. The molecule has 3 aromatic rings. The van der Waals surface area contributed by atoms with Crippen LogP contribution in [0.15, 0.2) is 53.6 Å². The number of aryl methyl sites for hydroxylation is 1. The molecule has 2 aromatic heterocycles. The number of benzene rings is 1.